The van der Waals surface area contributed by atoms with Crippen molar-refractivity contribution in [1.29, 1.82) is 0 Å². The molecule has 1 aliphatic heterocycles. The van der Waals surface area contributed by atoms with Gasteiger partial charge in [-0.05, 0) is 31.5 Å². The van der Waals surface area contributed by atoms with Crippen LogP contribution in [0.1, 0.15) is 12.1 Å². The Morgan fingerprint density at radius 2 is 2.25 bits per heavy atom. The summed E-state index contributed by atoms with van der Waals surface area (Å²) in [5.41, 5.74) is 7.88. The third-order valence-electron chi connectivity index (χ3n) is 3.74. The van der Waals surface area contributed by atoms with Crippen molar-refractivity contribution < 1.29 is 0 Å². The molecule has 0 aliphatic carbocycles. The minimum atomic E-state index is 0.650. The van der Waals surface area contributed by atoms with Crippen molar-refractivity contribution in [3.8, 4) is 10.6 Å². The van der Waals surface area contributed by atoms with E-state index in [0.29, 0.717) is 5.92 Å². The molecule has 2 aromatic rings. The Labute approximate surface area is 128 Å². The summed E-state index contributed by atoms with van der Waals surface area (Å²) < 4.78 is 0. The van der Waals surface area contributed by atoms with Crippen molar-refractivity contribution in [2.24, 2.45) is 11.7 Å². The highest BCUT2D eigenvalue weighted by atomic mass is 35.5. The van der Waals surface area contributed by atoms with Crippen molar-refractivity contribution in [2.45, 2.75) is 13.0 Å². The summed E-state index contributed by atoms with van der Waals surface area (Å²) in [6.45, 7) is 3.92. The van der Waals surface area contributed by atoms with Crippen molar-refractivity contribution in [3.05, 3.63) is 40.4 Å². The van der Waals surface area contributed by atoms with E-state index in [9.17, 15) is 0 Å². The minimum Gasteiger partial charge on any atom is -0.330 e. The molecule has 2 heterocycles. The van der Waals surface area contributed by atoms with E-state index >= 15 is 0 Å². The number of hydrogen-bond acceptors (Lipinski definition) is 4. The van der Waals surface area contributed by atoms with Crippen LogP contribution in [0, 0.1) is 5.92 Å². The molecule has 1 aromatic heterocycles. The van der Waals surface area contributed by atoms with Crippen LogP contribution >= 0.6 is 22.9 Å². The number of thiazole rings is 1. The van der Waals surface area contributed by atoms with Crippen LogP contribution in [-0.2, 0) is 6.54 Å². The first-order valence-corrected chi connectivity index (χ1v) is 8.13. The van der Waals surface area contributed by atoms with Gasteiger partial charge < -0.3 is 5.73 Å². The highest BCUT2D eigenvalue weighted by Gasteiger charge is 2.21. The second-order valence-electron chi connectivity index (χ2n) is 5.25. The molecule has 2 N–H and O–H groups in total. The van der Waals surface area contributed by atoms with Gasteiger partial charge in [0.2, 0.25) is 0 Å². The van der Waals surface area contributed by atoms with Gasteiger partial charge in [0, 0.05) is 24.0 Å². The molecule has 5 heteroatoms. The van der Waals surface area contributed by atoms with Gasteiger partial charge in [0.25, 0.3) is 0 Å². The van der Waals surface area contributed by atoms with Crippen LogP contribution in [0.25, 0.3) is 10.6 Å². The van der Waals surface area contributed by atoms with E-state index in [0.717, 1.165) is 47.5 Å². The molecule has 0 radical (unpaired) electrons. The van der Waals surface area contributed by atoms with E-state index in [1.165, 1.54) is 6.42 Å². The molecular weight excluding hydrogens is 290 g/mol. The first-order chi connectivity index (χ1) is 9.76. The van der Waals surface area contributed by atoms with Gasteiger partial charge in [0.05, 0.1) is 10.7 Å². The largest absolute Gasteiger partial charge is 0.330 e. The van der Waals surface area contributed by atoms with E-state index in [1.807, 2.05) is 24.3 Å². The summed E-state index contributed by atoms with van der Waals surface area (Å²) in [5, 5.41) is 3.90. The van der Waals surface area contributed by atoms with Crippen LogP contribution in [-0.4, -0.2) is 29.5 Å². The first-order valence-electron chi connectivity index (χ1n) is 6.88. The van der Waals surface area contributed by atoms with Gasteiger partial charge in [-0.3, -0.25) is 4.90 Å². The fraction of sp³-hybridized carbons (Fsp3) is 0.400. The molecule has 1 unspecified atom stereocenters. The van der Waals surface area contributed by atoms with Crippen LogP contribution in [0.4, 0.5) is 0 Å². The number of hydrogen-bond donors (Lipinski definition) is 1. The van der Waals surface area contributed by atoms with E-state index in [2.05, 4.69) is 10.3 Å². The molecule has 1 aliphatic rings. The Kier molecular flexibility index (Phi) is 4.36. The molecule has 0 spiro atoms. The van der Waals surface area contributed by atoms with Crippen LogP contribution in [0.3, 0.4) is 0 Å². The summed E-state index contributed by atoms with van der Waals surface area (Å²) in [5.74, 6) is 0.650. The fourth-order valence-electron chi connectivity index (χ4n) is 2.62. The second-order valence-corrected chi connectivity index (χ2v) is 6.51. The summed E-state index contributed by atoms with van der Waals surface area (Å²) in [4.78, 5) is 7.15. The molecule has 1 fully saturated rings. The standard InChI is InChI=1S/C15H18ClN3S/c16-14-4-2-1-3-13(14)15-18-12(10-20-15)9-19-6-5-11(7-17)8-19/h1-4,10-11H,5-9,17H2. The van der Waals surface area contributed by atoms with Gasteiger partial charge in [-0.25, -0.2) is 4.98 Å². The van der Waals surface area contributed by atoms with Gasteiger partial charge in [0.15, 0.2) is 0 Å². The lowest BCUT2D eigenvalue weighted by Crippen LogP contribution is -2.22. The molecule has 1 aromatic carbocycles. The van der Waals surface area contributed by atoms with Crippen molar-refractivity contribution in [1.82, 2.24) is 9.88 Å². The van der Waals surface area contributed by atoms with Gasteiger partial charge in [-0.2, -0.15) is 0 Å². The maximum atomic E-state index is 6.22. The molecule has 0 amide bonds. The average Bonchev–Trinajstić information content (AvgIpc) is 3.09. The number of halogens is 1. The molecule has 0 saturated carbocycles. The number of nitrogens with two attached hydrogens (primary N) is 1. The summed E-state index contributed by atoms with van der Waals surface area (Å²) in [6.07, 6.45) is 1.21. The van der Waals surface area contributed by atoms with Gasteiger partial charge in [-0.15, -0.1) is 11.3 Å². The Balaban J connectivity index is 1.70. The highest BCUT2D eigenvalue weighted by Crippen LogP contribution is 2.30. The second kappa shape index (κ2) is 6.22. The average molecular weight is 308 g/mol. The maximum Gasteiger partial charge on any atom is 0.125 e. The SMILES string of the molecule is NCC1CCN(Cc2csc(-c3ccccc3Cl)n2)C1. The zero-order valence-electron chi connectivity index (χ0n) is 11.3. The zero-order chi connectivity index (χ0) is 13.9. The van der Waals surface area contributed by atoms with Crippen LogP contribution in [0.5, 0.6) is 0 Å². The molecule has 3 rings (SSSR count). The summed E-state index contributed by atoms with van der Waals surface area (Å²) in [7, 11) is 0. The van der Waals surface area contributed by atoms with Crippen LogP contribution in [0.2, 0.25) is 5.02 Å². The number of nitrogens with zero attached hydrogens (tertiary/aromatic N) is 2. The minimum absolute atomic E-state index is 0.650. The van der Waals surface area contributed by atoms with E-state index in [4.69, 9.17) is 22.3 Å². The van der Waals surface area contributed by atoms with Gasteiger partial charge >= 0.3 is 0 Å². The monoisotopic (exact) mass is 307 g/mol. The molecule has 106 valence electrons. The number of likely N-dealkylation sites (tertiary alicyclic amines) is 1. The Morgan fingerprint density at radius 1 is 1.40 bits per heavy atom. The Hall–Kier alpha value is -0.940. The zero-order valence-corrected chi connectivity index (χ0v) is 12.8. The quantitative estimate of drug-likeness (QED) is 0.943. The normalized spacial score (nSPS) is 19.6. The number of benzene rings is 1. The van der Waals surface area contributed by atoms with Crippen molar-refractivity contribution in [3.63, 3.8) is 0 Å². The predicted molar refractivity (Wildman–Crippen MR) is 85.0 cm³/mol. The first kappa shape index (κ1) is 14.0. The van der Waals surface area contributed by atoms with E-state index in [-0.39, 0.29) is 0 Å². The van der Waals surface area contributed by atoms with E-state index in [1.54, 1.807) is 11.3 Å². The Bertz CT molecular complexity index is 584. The lowest BCUT2D eigenvalue weighted by Gasteiger charge is -2.13. The molecular formula is C15H18ClN3S. The molecule has 1 atom stereocenters. The van der Waals surface area contributed by atoms with Crippen molar-refractivity contribution in [2.75, 3.05) is 19.6 Å². The lowest BCUT2D eigenvalue weighted by atomic mass is 10.1. The topological polar surface area (TPSA) is 42.1 Å². The molecule has 0 bridgehead atoms. The Morgan fingerprint density at radius 3 is 3.00 bits per heavy atom. The third kappa shape index (κ3) is 3.04. The maximum absolute atomic E-state index is 6.22. The summed E-state index contributed by atoms with van der Waals surface area (Å²) in [6, 6.07) is 7.86. The van der Waals surface area contributed by atoms with E-state index < -0.39 is 0 Å². The smallest absolute Gasteiger partial charge is 0.125 e. The molecule has 1 saturated heterocycles. The molecule has 3 nitrogen and oxygen atoms in total. The van der Waals surface area contributed by atoms with Crippen LogP contribution in [0.15, 0.2) is 29.6 Å². The predicted octanol–water partition coefficient (Wildman–Crippen LogP) is 3.24. The fourth-order valence-corrected chi connectivity index (χ4v) is 3.75. The lowest BCUT2D eigenvalue weighted by molar-refractivity contribution is 0.315. The van der Waals surface area contributed by atoms with Gasteiger partial charge in [-0.1, -0.05) is 29.8 Å². The van der Waals surface area contributed by atoms with Crippen molar-refractivity contribution >= 4 is 22.9 Å². The van der Waals surface area contributed by atoms with Gasteiger partial charge in [0.1, 0.15) is 5.01 Å². The van der Waals surface area contributed by atoms with Crippen LogP contribution < -0.4 is 5.73 Å². The highest BCUT2D eigenvalue weighted by molar-refractivity contribution is 7.13. The number of aromatic nitrogens is 1. The summed E-state index contributed by atoms with van der Waals surface area (Å²) >= 11 is 7.88. The third-order valence-corrected chi connectivity index (χ3v) is 5.00. The number of rotatable bonds is 4. The molecule has 20 heavy (non-hydrogen) atoms.